The van der Waals surface area contributed by atoms with Crippen LogP contribution in [0.15, 0.2) is 15.8 Å². The molecular weight excluding hydrogens is 226 g/mol. The molecule has 1 fully saturated rings. The summed E-state index contributed by atoms with van der Waals surface area (Å²) in [5.41, 5.74) is 4.88. The molecule has 0 saturated carbocycles. The van der Waals surface area contributed by atoms with E-state index in [4.69, 9.17) is 10.5 Å². The first-order valence-corrected chi connectivity index (χ1v) is 5.38. The van der Waals surface area contributed by atoms with Gasteiger partial charge in [-0.15, -0.1) is 0 Å². The van der Waals surface area contributed by atoms with Gasteiger partial charge in [0, 0.05) is 24.7 Å². The minimum Gasteiger partial charge on any atom is -0.390 e. The van der Waals surface area contributed by atoms with Gasteiger partial charge in [0.05, 0.1) is 12.2 Å². The van der Waals surface area contributed by atoms with E-state index >= 15 is 0 Å². The maximum atomic E-state index is 11.6. The van der Waals surface area contributed by atoms with E-state index in [9.17, 15) is 14.7 Å². The SMILES string of the molecule is Cc1cn([C@H]2C[C@@H](O)[C@@H](CN)O2)c(=O)[nH]c1=O. The zero-order valence-electron chi connectivity index (χ0n) is 9.42. The van der Waals surface area contributed by atoms with Crippen molar-refractivity contribution in [2.75, 3.05) is 6.54 Å². The molecular formula is C10H15N3O4. The normalized spacial score (nSPS) is 28.5. The average molecular weight is 241 g/mol. The molecule has 0 radical (unpaired) electrons. The van der Waals surface area contributed by atoms with Crippen molar-refractivity contribution < 1.29 is 9.84 Å². The Hall–Kier alpha value is -1.44. The van der Waals surface area contributed by atoms with E-state index in [2.05, 4.69) is 4.98 Å². The summed E-state index contributed by atoms with van der Waals surface area (Å²) in [5.74, 6) is 0. The van der Waals surface area contributed by atoms with Gasteiger partial charge in [0.2, 0.25) is 0 Å². The maximum Gasteiger partial charge on any atom is 0.330 e. The lowest BCUT2D eigenvalue weighted by Crippen LogP contribution is -2.33. The van der Waals surface area contributed by atoms with E-state index in [0.29, 0.717) is 5.56 Å². The summed E-state index contributed by atoms with van der Waals surface area (Å²) >= 11 is 0. The quantitative estimate of drug-likeness (QED) is 0.580. The lowest BCUT2D eigenvalue weighted by molar-refractivity contribution is -0.0152. The Bertz CT molecular complexity index is 521. The van der Waals surface area contributed by atoms with Gasteiger partial charge in [0.1, 0.15) is 6.23 Å². The molecule has 0 unspecified atom stereocenters. The second kappa shape index (κ2) is 4.44. The molecule has 1 aliphatic heterocycles. The highest BCUT2D eigenvalue weighted by Gasteiger charge is 2.34. The van der Waals surface area contributed by atoms with Crippen molar-refractivity contribution >= 4 is 0 Å². The molecule has 94 valence electrons. The van der Waals surface area contributed by atoms with Crippen LogP contribution in [0.25, 0.3) is 0 Å². The fraction of sp³-hybridized carbons (Fsp3) is 0.600. The smallest absolute Gasteiger partial charge is 0.330 e. The Morgan fingerprint density at radius 2 is 2.35 bits per heavy atom. The van der Waals surface area contributed by atoms with Gasteiger partial charge in [-0.05, 0) is 6.92 Å². The van der Waals surface area contributed by atoms with Gasteiger partial charge in [-0.2, -0.15) is 0 Å². The van der Waals surface area contributed by atoms with Crippen molar-refractivity contribution in [1.82, 2.24) is 9.55 Å². The summed E-state index contributed by atoms with van der Waals surface area (Å²) in [4.78, 5) is 25.0. The Morgan fingerprint density at radius 3 is 2.94 bits per heavy atom. The third-order valence-corrected chi connectivity index (χ3v) is 2.89. The fourth-order valence-corrected chi connectivity index (χ4v) is 1.90. The van der Waals surface area contributed by atoms with Gasteiger partial charge in [-0.25, -0.2) is 4.79 Å². The maximum absolute atomic E-state index is 11.6. The molecule has 7 nitrogen and oxygen atoms in total. The summed E-state index contributed by atoms with van der Waals surface area (Å²) in [6.07, 6.45) is -0.0325. The zero-order chi connectivity index (χ0) is 12.6. The van der Waals surface area contributed by atoms with Gasteiger partial charge in [0.25, 0.3) is 5.56 Å². The number of aryl methyl sites for hydroxylation is 1. The van der Waals surface area contributed by atoms with Gasteiger partial charge < -0.3 is 15.6 Å². The molecule has 0 aliphatic carbocycles. The average Bonchev–Trinajstić information content (AvgIpc) is 2.65. The van der Waals surface area contributed by atoms with E-state index in [1.54, 1.807) is 6.92 Å². The first-order valence-electron chi connectivity index (χ1n) is 5.38. The minimum atomic E-state index is -0.691. The number of aromatic amines is 1. The summed E-state index contributed by atoms with van der Waals surface area (Å²) in [7, 11) is 0. The Balaban J connectivity index is 2.34. The number of nitrogens with zero attached hydrogens (tertiary/aromatic N) is 1. The van der Waals surface area contributed by atoms with Crippen LogP contribution in [0.5, 0.6) is 0 Å². The molecule has 2 rings (SSSR count). The highest BCUT2D eigenvalue weighted by molar-refractivity contribution is 5.02. The highest BCUT2D eigenvalue weighted by Crippen LogP contribution is 2.26. The number of aliphatic hydroxyl groups is 1. The zero-order valence-corrected chi connectivity index (χ0v) is 9.42. The molecule has 2 heterocycles. The molecule has 0 amide bonds. The first kappa shape index (κ1) is 12.0. The molecule has 1 aromatic rings. The van der Waals surface area contributed by atoms with Gasteiger partial charge >= 0.3 is 5.69 Å². The summed E-state index contributed by atoms with van der Waals surface area (Å²) in [5, 5.41) is 9.64. The summed E-state index contributed by atoms with van der Waals surface area (Å²) in [6.45, 7) is 1.79. The van der Waals surface area contributed by atoms with Crippen molar-refractivity contribution in [3.63, 3.8) is 0 Å². The minimum absolute atomic E-state index is 0.189. The van der Waals surface area contributed by atoms with Crippen LogP contribution in [-0.2, 0) is 4.74 Å². The van der Waals surface area contributed by atoms with Crippen molar-refractivity contribution in [3.05, 3.63) is 32.6 Å². The van der Waals surface area contributed by atoms with Crippen LogP contribution in [-0.4, -0.2) is 33.4 Å². The summed E-state index contributed by atoms with van der Waals surface area (Å²) < 4.78 is 6.72. The van der Waals surface area contributed by atoms with E-state index in [1.165, 1.54) is 10.8 Å². The van der Waals surface area contributed by atoms with Crippen LogP contribution in [0.1, 0.15) is 18.2 Å². The predicted molar refractivity (Wildman–Crippen MR) is 59.6 cm³/mol. The standard InChI is InChI=1S/C10H15N3O4/c1-5-4-13(10(16)12-9(5)15)8-2-6(14)7(3-11)17-8/h4,6-8,14H,2-3,11H2,1H3,(H,12,15,16)/t6-,7-,8-/m1/s1. The number of ether oxygens (including phenoxy) is 1. The fourth-order valence-electron chi connectivity index (χ4n) is 1.90. The molecule has 7 heteroatoms. The van der Waals surface area contributed by atoms with Crippen molar-refractivity contribution in [2.24, 2.45) is 5.73 Å². The topological polar surface area (TPSA) is 110 Å². The third kappa shape index (κ3) is 2.17. The van der Waals surface area contributed by atoms with Crippen LogP contribution in [0.2, 0.25) is 0 Å². The third-order valence-electron chi connectivity index (χ3n) is 2.89. The van der Waals surface area contributed by atoms with E-state index in [-0.39, 0.29) is 13.0 Å². The van der Waals surface area contributed by atoms with E-state index in [1.807, 2.05) is 0 Å². The monoisotopic (exact) mass is 241 g/mol. The van der Waals surface area contributed by atoms with E-state index in [0.717, 1.165) is 0 Å². The van der Waals surface area contributed by atoms with Crippen molar-refractivity contribution in [1.29, 1.82) is 0 Å². The predicted octanol–water partition coefficient (Wildman–Crippen LogP) is -1.55. The number of hydrogen-bond acceptors (Lipinski definition) is 5. The second-order valence-corrected chi connectivity index (χ2v) is 4.15. The summed E-state index contributed by atoms with van der Waals surface area (Å²) in [6, 6.07) is 0. The van der Waals surface area contributed by atoms with Crippen LogP contribution in [0.4, 0.5) is 0 Å². The number of aromatic nitrogens is 2. The lowest BCUT2D eigenvalue weighted by Gasteiger charge is -2.14. The number of hydrogen-bond donors (Lipinski definition) is 3. The number of nitrogens with one attached hydrogen (secondary N) is 1. The van der Waals surface area contributed by atoms with Gasteiger partial charge in [-0.3, -0.25) is 14.3 Å². The molecule has 0 spiro atoms. The van der Waals surface area contributed by atoms with Crippen LogP contribution in [0, 0.1) is 6.92 Å². The van der Waals surface area contributed by atoms with Crippen LogP contribution in [0.3, 0.4) is 0 Å². The molecule has 1 aliphatic rings. The lowest BCUT2D eigenvalue weighted by atomic mass is 10.2. The number of rotatable bonds is 2. The van der Waals surface area contributed by atoms with E-state index < -0.39 is 29.7 Å². The molecule has 4 N–H and O–H groups in total. The molecule has 1 aromatic heterocycles. The largest absolute Gasteiger partial charge is 0.390 e. The van der Waals surface area contributed by atoms with Gasteiger partial charge in [0.15, 0.2) is 0 Å². The Morgan fingerprint density at radius 1 is 1.65 bits per heavy atom. The Labute approximate surface area is 96.8 Å². The number of H-pyrrole nitrogens is 1. The highest BCUT2D eigenvalue weighted by atomic mass is 16.5. The van der Waals surface area contributed by atoms with Crippen LogP contribution >= 0.6 is 0 Å². The molecule has 3 atom stereocenters. The number of nitrogens with two attached hydrogens (primary N) is 1. The van der Waals surface area contributed by atoms with Crippen molar-refractivity contribution in [3.8, 4) is 0 Å². The Kier molecular flexibility index (Phi) is 3.14. The van der Waals surface area contributed by atoms with Crippen molar-refractivity contribution in [2.45, 2.75) is 31.8 Å². The molecule has 0 aromatic carbocycles. The number of aliphatic hydroxyl groups excluding tert-OH is 1. The molecule has 0 bridgehead atoms. The molecule has 17 heavy (non-hydrogen) atoms. The van der Waals surface area contributed by atoms with Crippen LogP contribution < -0.4 is 17.0 Å². The first-order chi connectivity index (χ1) is 8.02. The van der Waals surface area contributed by atoms with Gasteiger partial charge in [-0.1, -0.05) is 0 Å². The molecule has 1 saturated heterocycles. The second-order valence-electron chi connectivity index (χ2n) is 4.15.